The van der Waals surface area contributed by atoms with Gasteiger partial charge in [-0.15, -0.1) is 0 Å². The van der Waals surface area contributed by atoms with E-state index < -0.39 is 5.97 Å². The van der Waals surface area contributed by atoms with E-state index in [1.54, 1.807) is 4.90 Å². The number of piperazine rings is 1. The predicted molar refractivity (Wildman–Crippen MR) is 112 cm³/mol. The van der Waals surface area contributed by atoms with Gasteiger partial charge in [-0.25, -0.2) is 0 Å². The van der Waals surface area contributed by atoms with Gasteiger partial charge in [-0.2, -0.15) is 0 Å². The third kappa shape index (κ3) is 6.12. The molecule has 0 radical (unpaired) electrons. The number of halogens is 1. The van der Waals surface area contributed by atoms with Crippen molar-refractivity contribution >= 4 is 29.2 Å². The molecule has 1 fully saturated rings. The van der Waals surface area contributed by atoms with Crippen molar-refractivity contribution in [1.82, 2.24) is 4.90 Å². The van der Waals surface area contributed by atoms with Crippen molar-refractivity contribution in [2.24, 2.45) is 0 Å². The zero-order chi connectivity index (χ0) is 20.6. The summed E-state index contributed by atoms with van der Waals surface area (Å²) in [6, 6.07) is 15.3. The molecule has 0 aliphatic carbocycles. The number of rotatable bonds is 7. The third-order valence-electron chi connectivity index (χ3n) is 4.75. The molecule has 3 rings (SSSR count). The van der Waals surface area contributed by atoms with E-state index in [-0.39, 0.29) is 25.5 Å². The van der Waals surface area contributed by atoms with Crippen LogP contribution in [0.15, 0.2) is 48.5 Å². The van der Waals surface area contributed by atoms with Crippen LogP contribution >= 0.6 is 11.6 Å². The zero-order valence-electron chi connectivity index (χ0n) is 16.5. The molecule has 0 atom stereocenters. The van der Waals surface area contributed by atoms with Crippen LogP contribution in [0.2, 0.25) is 5.02 Å². The minimum absolute atomic E-state index is 0.0987. The Labute approximate surface area is 176 Å². The largest absolute Gasteiger partial charge is 0.493 e. The lowest BCUT2D eigenvalue weighted by molar-refractivity contribution is -0.152. The number of ether oxygens (including phenoxy) is 2. The number of carbonyl (C=O) groups excluding carboxylic acids is 2. The molecule has 1 heterocycles. The highest BCUT2D eigenvalue weighted by molar-refractivity contribution is 6.33. The second kappa shape index (κ2) is 10.2. The van der Waals surface area contributed by atoms with E-state index in [1.807, 2.05) is 55.5 Å². The number of carbonyl (C=O) groups is 2. The topological polar surface area (TPSA) is 59.1 Å². The zero-order valence-corrected chi connectivity index (χ0v) is 17.2. The molecule has 0 N–H and O–H groups in total. The Balaban J connectivity index is 1.35. The van der Waals surface area contributed by atoms with Crippen molar-refractivity contribution in [2.75, 3.05) is 44.3 Å². The molecule has 154 valence electrons. The average molecular weight is 417 g/mol. The minimum Gasteiger partial charge on any atom is -0.493 e. The highest BCUT2D eigenvalue weighted by Gasteiger charge is 2.23. The van der Waals surface area contributed by atoms with Gasteiger partial charge in [0.15, 0.2) is 6.61 Å². The quantitative estimate of drug-likeness (QED) is 0.648. The fourth-order valence-corrected chi connectivity index (χ4v) is 3.42. The van der Waals surface area contributed by atoms with Crippen LogP contribution in [0.5, 0.6) is 5.75 Å². The first-order valence-electron chi connectivity index (χ1n) is 9.65. The van der Waals surface area contributed by atoms with Gasteiger partial charge in [-0.05, 0) is 36.8 Å². The first-order chi connectivity index (χ1) is 14.0. The number of esters is 1. The molecule has 29 heavy (non-hydrogen) atoms. The molecule has 1 aliphatic rings. The Morgan fingerprint density at radius 3 is 2.52 bits per heavy atom. The smallest absolute Gasteiger partial charge is 0.309 e. The van der Waals surface area contributed by atoms with Gasteiger partial charge in [-0.3, -0.25) is 9.59 Å². The second-order valence-corrected chi connectivity index (χ2v) is 7.30. The maximum atomic E-state index is 12.3. The molecule has 1 aliphatic heterocycles. The number of para-hydroxylation sites is 1. The SMILES string of the molecule is Cc1cccc(OCCC(=O)OCC(=O)N2CCN(c3ccccc3Cl)CC2)c1. The fourth-order valence-electron chi connectivity index (χ4n) is 3.17. The van der Waals surface area contributed by atoms with Crippen molar-refractivity contribution in [3.8, 4) is 5.75 Å². The van der Waals surface area contributed by atoms with Gasteiger partial charge < -0.3 is 19.3 Å². The van der Waals surface area contributed by atoms with Crippen LogP contribution in [0, 0.1) is 6.92 Å². The normalized spacial score (nSPS) is 13.9. The van der Waals surface area contributed by atoms with Crippen LogP contribution in [-0.4, -0.2) is 56.2 Å². The fraction of sp³-hybridized carbons (Fsp3) is 0.364. The van der Waals surface area contributed by atoms with Gasteiger partial charge in [0.25, 0.3) is 5.91 Å². The van der Waals surface area contributed by atoms with E-state index in [0.29, 0.717) is 37.0 Å². The number of nitrogens with zero attached hydrogens (tertiary/aromatic N) is 2. The molecule has 0 aromatic heterocycles. The monoisotopic (exact) mass is 416 g/mol. The summed E-state index contributed by atoms with van der Waals surface area (Å²) >= 11 is 6.24. The molecular weight excluding hydrogens is 392 g/mol. The first kappa shape index (κ1) is 21.0. The van der Waals surface area contributed by atoms with Gasteiger partial charge in [0.2, 0.25) is 0 Å². The van der Waals surface area contributed by atoms with E-state index in [4.69, 9.17) is 21.1 Å². The molecule has 7 heteroatoms. The number of amides is 1. The Kier molecular flexibility index (Phi) is 7.36. The summed E-state index contributed by atoms with van der Waals surface area (Å²) in [7, 11) is 0. The highest BCUT2D eigenvalue weighted by Crippen LogP contribution is 2.26. The molecule has 1 saturated heterocycles. The van der Waals surface area contributed by atoms with Crippen molar-refractivity contribution in [3.63, 3.8) is 0 Å². The summed E-state index contributed by atoms with van der Waals surface area (Å²) in [6.45, 7) is 4.46. The van der Waals surface area contributed by atoms with Crippen molar-refractivity contribution in [3.05, 3.63) is 59.1 Å². The Morgan fingerprint density at radius 2 is 1.79 bits per heavy atom. The van der Waals surface area contributed by atoms with Crippen LogP contribution in [0.4, 0.5) is 5.69 Å². The predicted octanol–water partition coefficient (Wildman–Crippen LogP) is 3.31. The number of anilines is 1. The lowest BCUT2D eigenvalue weighted by Gasteiger charge is -2.36. The first-order valence-corrected chi connectivity index (χ1v) is 10.0. The molecule has 0 spiro atoms. The van der Waals surface area contributed by atoms with Crippen LogP contribution < -0.4 is 9.64 Å². The molecule has 0 bridgehead atoms. The minimum atomic E-state index is -0.444. The van der Waals surface area contributed by atoms with Gasteiger partial charge in [-0.1, -0.05) is 35.9 Å². The molecule has 2 aromatic rings. The molecule has 6 nitrogen and oxygen atoms in total. The van der Waals surface area contributed by atoms with Crippen molar-refractivity contribution in [1.29, 1.82) is 0 Å². The lowest BCUT2D eigenvalue weighted by Crippen LogP contribution is -2.50. The standard InChI is InChI=1S/C22H25ClN2O4/c1-17-5-4-6-18(15-17)28-14-9-22(27)29-16-21(26)25-12-10-24(11-13-25)20-8-3-2-7-19(20)23/h2-8,15H,9-14,16H2,1H3. The third-order valence-corrected chi connectivity index (χ3v) is 5.07. The molecular formula is C22H25ClN2O4. The van der Waals surface area contributed by atoms with Crippen molar-refractivity contribution < 1.29 is 19.1 Å². The van der Waals surface area contributed by atoms with Gasteiger partial charge in [0, 0.05) is 26.2 Å². The van der Waals surface area contributed by atoms with Gasteiger partial charge >= 0.3 is 5.97 Å². The summed E-state index contributed by atoms with van der Waals surface area (Å²) in [5, 5.41) is 0.703. The van der Waals surface area contributed by atoms with E-state index in [9.17, 15) is 9.59 Å². The van der Waals surface area contributed by atoms with E-state index in [2.05, 4.69) is 4.90 Å². The summed E-state index contributed by atoms with van der Waals surface area (Å²) in [6.07, 6.45) is 0.0987. The maximum Gasteiger partial charge on any atom is 0.309 e. The lowest BCUT2D eigenvalue weighted by atomic mass is 10.2. The summed E-state index contributed by atoms with van der Waals surface area (Å²) in [5.41, 5.74) is 2.06. The van der Waals surface area contributed by atoms with Crippen LogP contribution in [0.25, 0.3) is 0 Å². The molecule has 0 saturated carbocycles. The maximum absolute atomic E-state index is 12.3. The summed E-state index contributed by atoms with van der Waals surface area (Å²) in [5.74, 6) is 0.0859. The molecule has 0 unspecified atom stereocenters. The number of hydrogen-bond acceptors (Lipinski definition) is 5. The van der Waals surface area contributed by atoms with Gasteiger partial charge in [0.1, 0.15) is 5.75 Å². The molecule has 2 aromatic carbocycles. The number of aryl methyl sites for hydroxylation is 1. The average Bonchev–Trinajstić information content (AvgIpc) is 2.73. The van der Waals surface area contributed by atoms with E-state index in [0.717, 1.165) is 11.3 Å². The second-order valence-electron chi connectivity index (χ2n) is 6.89. The Hall–Kier alpha value is -2.73. The Morgan fingerprint density at radius 1 is 1.03 bits per heavy atom. The summed E-state index contributed by atoms with van der Waals surface area (Å²) in [4.78, 5) is 28.1. The van der Waals surface area contributed by atoms with Gasteiger partial charge in [0.05, 0.1) is 23.7 Å². The van der Waals surface area contributed by atoms with Crippen molar-refractivity contribution in [2.45, 2.75) is 13.3 Å². The van der Waals surface area contributed by atoms with E-state index >= 15 is 0 Å². The van der Waals surface area contributed by atoms with E-state index in [1.165, 1.54) is 0 Å². The van der Waals surface area contributed by atoms with Crippen LogP contribution in [0.1, 0.15) is 12.0 Å². The number of benzene rings is 2. The highest BCUT2D eigenvalue weighted by atomic mass is 35.5. The molecule has 1 amide bonds. The Bertz CT molecular complexity index is 850. The van der Waals surface area contributed by atoms with Crippen LogP contribution in [-0.2, 0) is 14.3 Å². The summed E-state index contributed by atoms with van der Waals surface area (Å²) < 4.78 is 10.6. The number of hydrogen-bond donors (Lipinski definition) is 0. The van der Waals surface area contributed by atoms with Crippen LogP contribution in [0.3, 0.4) is 0 Å².